The van der Waals surface area contributed by atoms with Gasteiger partial charge in [0.05, 0.1) is 12.7 Å². The average molecular weight is 256 g/mol. The van der Waals surface area contributed by atoms with Gasteiger partial charge in [-0.1, -0.05) is 39.0 Å². The van der Waals surface area contributed by atoms with E-state index in [2.05, 4.69) is 19.6 Å². The van der Waals surface area contributed by atoms with Crippen LogP contribution in [-0.4, -0.2) is 18.5 Å². The largest absolute Gasteiger partial charge is 0.378 e. The molecule has 2 atom stereocenters. The molecule has 0 radical (unpaired) electrons. The molecule has 2 fully saturated rings. The van der Waals surface area contributed by atoms with Crippen LogP contribution in [-0.2, 0) is 4.74 Å². The van der Waals surface area contributed by atoms with Crippen LogP contribution in [0.2, 0.25) is 0 Å². The summed E-state index contributed by atoms with van der Waals surface area (Å²) < 4.78 is 6.24. The van der Waals surface area contributed by atoms with Gasteiger partial charge in [-0.3, -0.25) is 0 Å². The number of thiol groups is 1. The predicted molar refractivity (Wildman–Crippen MR) is 76.7 cm³/mol. The monoisotopic (exact) mass is 256 g/mol. The van der Waals surface area contributed by atoms with Crippen LogP contribution < -0.4 is 0 Å². The predicted octanol–water partition coefficient (Wildman–Crippen LogP) is 4.46. The smallest absolute Gasteiger partial charge is 0.0578 e. The van der Waals surface area contributed by atoms with Crippen molar-refractivity contribution in [3.05, 3.63) is 0 Å². The molecule has 2 rings (SSSR count). The van der Waals surface area contributed by atoms with Crippen LogP contribution in [0.25, 0.3) is 0 Å². The van der Waals surface area contributed by atoms with Crippen molar-refractivity contribution in [2.45, 2.75) is 70.8 Å². The van der Waals surface area contributed by atoms with Crippen LogP contribution >= 0.6 is 12.6 Å². The van der Waals surface area contributed by atoms with Crippen molar-refractivity contribution in [2.24, 2.45) is 11.3 Å². The fourth-order valence-corrected chi connectivity index (χ4v) is 3.88. The van der Waals surface area contributed by atoms with E-state index in [9.17, 15) is 0 Å². The van der Waals surface area contributed by atoms with E-state index in [0.29, 0.717) is 11.5 Å². The first-order valence-corrected chi connectivity index (χ1v) is 8.10. The zero-order valence-electron chi connectivity index (χ0n) is 11.3. The van der Waals surface area contributed by atoms with Crippen LogP contribution in [0.5, 0.6) is 0 Å². The summed E-state index contributed by atoms with van der Waals surface area (Å²) in [7, 11) is 0. The van der Waals surface area contributed by atoms with Crippen LogP contribution in [0.4, 0.5) is 0 Å². The molecule has 1 nitrogen and oxygen atoms in total. The van der Waals surface area contributed by atoms with Gasteiger partial charge < -0.3 is 4.74 Å². The summed E-state index contributed by atoms with van der Waals surface area (Å²) in [5, 5.41) is 0. The lowest BCUT2D eigenvalue weighted by Crippen LogP contribution is -2.34. The minimum absolute atomic E-state index is 0.405. The van der Waals surface area contributed by atoms with Gasteiger partial charge in [0.2, 0.25) is 0 Å². The van der Waals surface area contributed by atoms with E-state index in [4.69, 9.17) is 4.74 Å². The quantitative estimate of drug-likeness (QED) is 0.731. The topological polar surface area (TPSA) is 9.23 Å². The molecule has 2 aliphatic carbocycles. The molecule has 0 N–H and O–H groups in total. The van der Waals surface area contributed by atoms with E-state index in [-0.39, 0.29) is 0 Å². The lowest BCUT2D eigenvalue weighted by molar-refractivity contribution is -0.0374. The third-order valence-corrected chi connectivity index (χ3v) is 5.43. The maximum absolute atomic E-state index is 6.24. The summed E-state index contributed by atoms with van der Waals surface area (Å²) in [4.78, 5) is 0. The Morgan fingerprint density at radius 2 is 1.88 bits per heavy atom. The Balaban J connectivity index is 1.78. The van der Waals surface area contributed by atoms with E-state index in [1.165, 1.54) is 57.8 Å². The molecule has 0 aliphatic heterocycles. The van der Waals surface area contributed by atoms with E-state index in [0.717, 1.165) is 18.3 Å². The Bertz CT molecular complexity index is 223. The molecule has 0 heterocycles. The molecule has 2 aliphatic rings. The van der Waals surface area contributed by atoms with Crippen molar-refractivity contribution < 1.29 is 4.74 Å². The van der Waals surface area contributed by atoms with E-state index < -0.39 is 0 Å². The Morgan fingerprint density at radius 3 is 2.53 bits per heavy atom. The van der Waals surface area contributed by atoms with Gasteiger partial charge in [-0.2, -0.15) is 12.6 Å². The van der Waals surface area contributed by atoms with Crippen LogP contribution in [0.1, 0.15) is 64.7 Å². The molecule has 0 aromatic carbocycles. The second-order valence-electron chi connectivity index (χ2n) is 6.42. The van der Waals surface area contributed by atoms with Gasteiger partial charge in [-0.15, -0.1) is 0 Å². The number of hydrogen-bond donors (Lipinski definition) is 1. The van der Waals surface area contributed by atoms with Crippen molar-refractivity contribution in [2.75, 3.05) is 12.4 Å². The van der Waals surface area contributed by atoms with Gasteiger partial charge in [0.25, 0.3) is 0 Å². The fraction of sp³-hybridized carbons (Fsp3) is 1.00. The maximum atomic E-state index is 6.24. The van der Waals surface area contributed by atoms with Crippen molar-refractivity contribution in [3.63, 3.8) is 0 Å². The van der Waals surface area contributed by atoms with Crippen LogP contribution in [0, 0.1) is 11.3 Å². The molecule has 0 spiro atoms. The molecule has 0 aromatic heterocycles. The third kappa shape index (κ3) is 3.89. The molecule has 2 heteroatoms. The fourth-order valence-electron chi connectivity index (χ4n) is 3.47. The van der Waals surface area contributed by atoms with Crippen molar-refractivity contribution >= 4 is 12.6 Å². The first-order valence-electron chi connectivity index (χ1n) is 7.47. The Morgan fingerprint density at radius 1 is 1.12 bits per heavy atom. The zero-order chi connectivity index (χ0) is 12.1. The third-order valence-electron chi connectivity index (χ3n) is 4.76. The van der Waals surface area contributed by atoms with Gasteiger partial charge in [-0.25, -0.2) is 0 Å². The van der Waals surface area contributed by atoms with Gasteiger partial charge >= 0.3 is 0 Å². The molecule has 0 saturated heterocycles. The highest BCUT2D eigenvalue weighted by Crippen LogP contribution is 2.38. The molecule has 0 amide bonds. The van der Waals surface area contributed by atoms with Gasteiger partial charge in [-0.05, 0) is 37.4 Å². The zero-order valence-corrected chi connectivity index (χ0v) is 12.2. The normalized spacial score (nSPS) is 33.5. The highest BCUT2D eigenvalue weighted by atomic mass is 32.1. The van der Waals surface area contributed by atoms with Crippen LogP contribution in [0.15, 0.2) is 0 Å². The SMILES string of the molecule is CC1CCCC(OCC2(CS)CCCCC2)C1. The lowest BCUT2D eigenvalue weighted by Gasteiger charge is -2.38. The van der Waals surface area contributed by atoms with Crippen molar-refractivity contribution in [1.29, 1.82) is 0 Å². The molecule has 0 aromatic rings. The first-order chi connectivity index (χ1) is 8.24. The first kappa shape index (κ1) is 13.7. The van der Waals surface area contributed by atoms with Crippen molar-refractivity contribution in [1.82, 2.24) is 0 Å². The molecular formula is C15H28OS. The maximum Gasteiger partial charge on any atom is 0.0578 e. The van der Waals surface area contributed by atoms with E-state index in [1.807, 2.05) is 0 Å². The van der Waals surface area contributed by atoms with Gasteiger partial charge in [0.1, 0.15) is 0 Å². The molecule has 17 heavy (non-hydrogen) atoms. The number of rotatable bonds is 4. The highest BCUT2D eigenvalue weighted by Gasteiger charge is 2.32. The van der Waals surface area contributed by atoms with Crippen molar-refractivity contribution in [3.8, 4) is 0 Å². The summed E-state index contributed by atoms with van der Waals surface area (Å²) in [6.07, 6.45) is 12.7. The number of ether oxygens (including phenoxy) is 1. The summed E-state index contributed by atoms with van der Waals surface area (Å²) in [5.74, 6) is 1.88. The van der Waals surface area contributed by atoms with E-state index >= 15 is 0 Å². The minimum Gasteiger partial charge on any atom is -0.378 e. The molecular weight excluding hydrogens is 228 g/mol. The van der Waals surface area contributed by atoms with Gasteiger partial charge in [0.15, 0.2) is 0 Å². The summed E-state index contributed by atoms with van der Waals surface area (Å²) in [5.41, 5.74) is 0.405. The second kappa shape index (κ2) is 6.47. The Labute approximate surface area is 112 Å². The number of hydrogen-bond acceptors (Lipinski definition) is 2. The van der Waals surface area contributed by atoms with E-state index in [1.54, 1.807) is 0 Å². The Hall–Kier alpha value is 0.310. The molecule has 100 valence electrons. The average Bonchev–Trinajstić information content (AvgIpc) is 2.38. The summed E-state index contributed by atoms with van der Waals surface area (Å²) >= 11 is 4.58. The molecule has 0 bridgehead atoms. The lowest BCUT2D eigenvalue weighted by atomic mass is 9.76. The Kier molecular flexibility index (Phi) is 5.23. The molecule has 2 saturated carbocycles. The minimum atomic E-state index is 0.405. The molecule has 2 unspecified atom stereocenters. The summed E-state index contributed by atoms with van der Waals surface area (Å²) in [6, 6.07) is 0. The summed E-state index contributed by atoms with van der Waals surface area (Å²) in [6.45, 7) is 3.33. The van der Waals surface area contributed by atoms with Gasteiger partial charge in [0, 0.05) is 5.41 Å². The van der Waals surface area contributed by atoms with Crippen LogP contribution in [0.3, 0.4) is 0 Å². The standard InChI is InChI=1S/C15H28OS/c1-13-6-5-7-14(10-13)16-11-15(12-17)8-3-2-4-9-15/h13-14,17H,2-12H2,1H3. The highest BCUT2D eigenvalue weighted by molar-refractivity contribution is 7.80. The second-order valence-corrected chi connectivity index (χ2v) is 6.74.